The van der Waals surface area contributed by atoms with Crippen molar-refractivity contribution >= 4 is 28.2 Å². The standard InChI is InChI=1S/C22H24N4O3/c1-2-28-22(27)16-9-6-12-26(13-16)20-19(23)21(25-14-24-20)29-18-11-5-8-15-7-3-4-10-17(15)18/h3-5,7-8,10-11,14,16H,2,6,9,12-13,23H2,1H3. The molecule has 29 heavy (non-hydrogen) atoms. The normalized spacial score (nSPS) is 16.6. The van der Waals surface area contributed by atoms with Crippen LogP contribution >= 0.6 is 0 Å². The number of fused-ring (bicyclic) bond motifs is 1. The Morgan fingerprint density at radius 2 is 2.03 bits per heavy atom. The summed E-state index contributed by atoms with van der Waals surface area (Å²) < 4.78 is 11.3. The van der Waals surface area contributed by atoms with E-state index < -0.39 is 0 Å². The van der Waals surface area contributed by atoms with Crippen LogP contribution in [0.2, 0.25) is 0 Å². The van der Waals surface area contributed by atoms with Gasteiger partial charge in [-0.15, -0.1) is 0 Å². The molecule has 1 saturated heterocycles. The molecule has 150 valence electrons. The van der Waals surface area contributed by atoms with Gasteiger partial charge in [-0.3, -0.25) is 4.79 Å². The summed E-state index contributed by atoms with van der Waals surface area (Å²) in [4.78, 5) is 22.8. The van der Waals surface area contributed by atoms with Gasteiger partial charge in [-0.1, -0.05) is 36.4 Å². The van der Waals surface area contributed by atoms with E-state index in [0.717, 1.165) is 30.2 Å². The zero-order chi connectivity index (χ0) is 20.2. The molecule has 1 aliphatic rings. The maximum absolute atomic E-state index is 12.2. The molecular formula is C22H24N4O3. The largest absolute Gasteiger partial charge is 0.466 e. The van der Waals surface area contributed by atoms with Crippen LogP contribution in [0.15, 0.2) is 48.8 Å². The van der Waals surface area contributed by atoms with Crippen LogP contribution in [0.3, 0.4) is 0 Å². The number of piperidine rings is 1. The zero-order valence-electron chi connectivity index (χ0n) is 16.4. The van der Waals surface area contributed by atoms with Crippen molar-refractivity contribution in [1.29, 1.82) is 0 Å². The summed E-state index contributed by atoms with van der Waals surface area (Å²) in [5, 5.41) is 2.06. The molecule has 0 radical (unpaired) electrons. The van der Waals surface area contributed by atoms with E-state index in [1.165, 1.54) is 6.33 Å². The van der Waals surface area contributed by atoms with Crippen molar-refractivity contribution < 1.29 is 14.3 Å². The van der Waals surface area contributed by atoms with Crippen molar-refractivity contribution in [2.75, 3.05) is 30.3 Å². The number of rotatable bonds is 5. The molecule has 0 saturated carbocycles. The van der Waals surface area contributed by atoms with Crippen LogP contribution in [0.4, 0.5) is 11.5 Å². The number of ether oxygens (including phenoxy) is 2. The highest BCUT2D eigenvalue weighted by molar-refractivity contribution is 5.88. The van der Waals surface area contributed by atoms with Gasteiger partial charge in [-0.05, 0) is 31.2 Å². The van der Waals surface area contributed by atoms with Crippen LogP contribution in [0.5, 0.6) is 11.6 Å². The van der Waals surface area contributed by atoms with Gasteiger partial charge < -0.3 is 20.1 Å². The van der Waals surface area contributed by atoms with Gasteiger partial charge in [0, 0.05) is 18.5 Å². The zero-order valence-corrected chi connectivity index (χ0v) is 16.4. The predicted octanol–water partition coefficient (Wildman–Crippen LogP) is 3.78. The first-order valence-electron chi connectivity index (χ1n) is 9.85. The molecule has 1 aromatic heterocycles. The minimum atomic E-state index is -0.180. The molecule has 0 aliphatic carbocycles. The van der Waals surface area contributed by atoms with Crippen LogP contribution in [0, 0.1) is 5.92 Å². The quantitative estimate of drug-likeness (QED) is 0.661. The van der Waals surface area contributed by atoms with Crippen molar-refractivity contribution in [3.63, 3.8) is 0 Å². The van der Waals surface area contributed by atoms with Crippen LogP contribution in [-0.2, 0) is 9.53 Å². The lowest BCUT2D eigenvalue weighted by atomic mass is 9.98. The highest BCUT2D eigenvalue weighted by Crippen LogP contribution is 2.36. The van der Waals surface area contributed by atoms with E-state index >= 15 is 0 Å². The van der Waals surface area contributed by atoms with E-state index in [0.29, 0.717) is 36.3 Å². The molecule has 2 N–H and O–H groups in total. The fourth-order valence-corrected chi connectivity index (χ4v) is 3.71. The summed E-state index contributed by atoms with van der Waals surface area (Å²) in [6.07, 6.45) is 3.12. The fraction of sp³-hybridized carbons (Fsp3) is 0.318. The Morgan fingerprint density at radius 1 is 1.21 bits per heavy atom. The molecular weight excluding hydrogens is 368 g/mol. The lowest BCUT2D eigenvalue weighted by Crippen LogP contribution is -2.40. The van der Waals surface area contributed by atoms with Crippen molar-refractivity contribution in [2.45, 2.75) is 19.8 Å². The Kier molecular flexibility index (Phi) is 5.46. The molecule has 4 rings (SSSR count). The minimum Gasteiger partial charge on any atom is -0.466 e. The molecule has 0 bridgehead atoms. The fourth-order valence-electron chi connectivity index (χ4n) is 3.71. The molecule has 1 fully saturated rings. The van der Waals surface area contributed by atoms with E-state index in [1.54, 1.807) is 0 Å². The maximum Gasteiger partial charge on any atom is 0.310 e. The van der Waals surface area contributed by atoms with E-state index in [2.05, 4.69) is 9.97 Å². The minimum absolute atomic E-state index is 0.169. The number of hydrogen-bond donors (Lipinski definition) is 1. The van der Waals surface area contributed by atoms with E-state index in [4.69, 9.17) is 15.2 Å². The van der Waals surface area contributed by atoms with Crippen LogP contribution < -0.4 is 15.4 Å². The smallest absolute Gasteiger partial charge is 0.310 e. The Morgan fingerprint density at radius 3 is 2.90 bits per heavy atom. The molecule has 0 amide bonds. The van der Waals surface area contributed by atoms with E-state index in [9.17, 15) is 4.79 Å². The lowest BCUT2D eigenvalue weighted by Gasteiger charge is -2.33. The maximum atomic E-state index is 12.2. The van der Waals surface area contributed by atoms with Gasteiger partial charge in [0.05, 0.1) is 12.5 Å². The summed E-state index contributed by atoms with van der Waals surface area (Å²) in [7, 11) is 0. The molecule has 2 aromatic carbocycles. The second kappa shape index (κ2) is 8.34. The number of nitrogens with two attached hydrogens (primary N) is 1. The van der Waals surface area contributed by atoms with Crippen molar-refractivity contribution in [1.82, 2.24) is 9.97 Å². The molecule has 0 spiro atoms. The SMILES string of the molecule is CCOC(=O)C1CCCN(c2ncnc(Oc3cccc4ccccc34)c2N)C1. The summed E-state index contributed by atoms with van der Waals surface area (Å²) >= 11 is 0. The second-order valence-corrected chi connectivity index (χ2v) is 7.03. The Labute approximate surface area is 169 Å². The number of benzene rings is 2. The molecule has 7 heteroatoms. The molecule has 1 unspecified atom stereocenters. The number of carbonyl (C=O) groups excluding carboxylic acids is 1. The van der Waals surface area contributed by atoms with Crippen molar-refractivity contribution in [2.24, 2.45) is 5.92 Å². The van der Waals surface area contributed by atoms with Gasteiger partial charge in [-0.25, -0.2) is 4.98 Å². The number of nitrogens with zero attached hydrogens (tertiary/aromatic N) is 3. The lowest BCUT2D eigenvalue weighted by molar-refractivity contribution is -0.148. The van der Waals surface area contributed by atoms with Crippen LogP contribution in [0.1, 0.15) is 19.8 Å². The summed E-state index contributed by atoms with van der Waals surface area (Å²) in [5.74, 6) is 1.23. The number of aromatic nitrogens is 2. The van der Waals surface area contributed by atoms with Gasteiger partial charge >= 0.3 is 5.97 Å². The third-order valence-corrected chi connectivity index (χ3v) is 5.12. The van der Waals surface area contributed by atoms with E-state index in [-0.39, 0.29) is 11.9 Å². The van der Waals surface area contributed by atoms with Gasteiger partial charge in [0.15, 0.2) is 5.82 Å². The number of hydrogen-bond acceptors (Lipinski definition) is 7. The van der Waals surface area contributed by atoms with Gasteiger partial charge in [-0.2, -0.15) is 4.98 Å². The number of nitrogen functional groups attached to an aromatic ring is 1. The highest BCUT2D eigenvalue weighted by atomic mass is 16.5. The Bertz CT molecular complexity index is 1020. The second-order valence-electron chi connectivity index (χ2n) is 7.03. The van der Waals surface area contributed by atoms with Gasteiger partial charge in [0.1, 0.15) is 17.8 Å². The summed E-state index contributed by atoms with van der Waals surface area (Å²) in [6, 6.07) is 13.8. The Hall–Kier alpha value is -3.35. The van der Waals surface area contributed by atoms with Gasteiger partial charge in [0.25, 0.3) is 0 Å². The number of anilines is 2. The van der Waals surface area contributed by atoms with Crippen LogP contribution in [-0.4, -0.2) is 35.6 Å². The van der Waals surface area contributed by atoms with Gasteiger partial charge in [0.2, 0.25) is 5.88 Å². The highest BCUT2D eigenvalue weighted by Gasteiger charge is 2.29. The number of esters is 1. The summed E-state index contributed by atoms with van der Waals surface area (Å²) in [5.41, 5.74) is 6.74. The molecule has 3 aromatic rings. The first kappa shape index (κ1) is 19.0. The molecule has 7 nitrogen and oxygen atoms in total. The predicted molar refractivity (Wildman–Crippen MR) is 112 cm³/mol. The monoisotopic (exact) mass is 392 g/mol. The third-order valence-electron chi connectivity index (χ3n) is 5.12. The first-order valence-corrected chi connectivity index (χ1v) is 9.85. The van der Waals surface area contributed by atoms with Crippen molar-refractivity contribution in [3.8, 4) is 11.6 Å². The molecule has 2 heterocycles. The average molecular weight is 392 g/mol. The first-order chi connectivity index (χ1) is 14.2. The molecule has 1 atom stereocenters. The van der Waals surface area contributed by atoms with Crippen molar-refractivity contribution in [3.05, 3.63) is 48.8 Å². The topological polar surface area (TPSA) is 90.6 Å². The van der Waals surface area contributed by atoms with Crippen LogP contribution in [0.25, 0.3) is 10.8 Å². The average Bonchev–Trinajstić information content (AvgIpc) is 2.76. The number of carbonyl (C=O) groups is 1. The third kappa shape index (κ3) is 3.94. The summed E-state index contributed by atoms with van der Waals surface area (Å²) in [6.45, 7) is 3.49. The molecule has 1 aliphatic heterocycles. The van der Waals surface area contributed by atoms with E-state index in [1.807, 2.05) is 54.3 Å². The Balaban J connectivity index is 1.60.